The van der Waals surface area contributed by atoms with Gasteiger partial charge in [-0.3, -0.25) is 9.88 Å². The van der Waals surface area contributed by atoms with Gasteiger partial charge in [0.25, 0.3) is 0 Å². The van der Waals surface area contributed by atoms with Gasteiger partial charge in [-0.15, -0.1) is 0 Å². The van der Waals surface area contributed by atoms with Crippen LogP contribution in [0.5, 0.6) is 0 Å². The molecule has 1 saturated heterocycles. The number of nitrogens with zero attached hydrogens (tertiary/aromatic N) is 2. The summed E-state index contributed by atoms with van der Waals surface area (Å²) in [7, 11) is 2.01. The Bertz CT molecular complexity index is 377. The van der Waals surface area contributed by atoms with Gasteiger partial charge in [0.2, 0.25) is 0 Å². The first-order valence-electron chi connectivity index (χ1n) is 5.82. The normalized spacial score (nSPS) is 20.3. The quantitative estimate of drug-likeness (QED) is 0.852. The van der Waals surface area contributed by atoms with Crippen LogP contribution >= 0.6 is 23.2 Å². The minimum Gasteiger partial charge on any atom is -0.376 e. The number of hydrogen-bond acceptors (Lipinski definition) is 4. The zero-order chi connectivity index (χ0) is 13.0. The van der Waals surface area contributed by atoms with Gasteiger partial charge in [0.1, 0.15) is 0 Å². The zero-order valence-corrected chi connectivity index (χ0v) is 11.7. The van der Waals surface area contributed by atoms with E-state index in [-0.39, 0.29) is 6.10 Å². The second-order valence-corrected chi connectivity index (χ2v) is 5.16. The van der Waals surface area contributed by atoms with Crippen LogP contribution in [0.2, 0.25) is 10.0 Å². The summed E-state index contributed by atoms with van der Waals surface area (Å²) in [6.45, 7) is 3.44. The lowest BCUT2D eigenvalue weighted by molar-refractivity contribution is -0.0962. The van der Waals surface area contributed by atoms with E-state index in [1.165, 1.54) is 0 Å². The van der Waals surface area contributed by atoms with Crippen LogP contribution in [0, 0.1) is 0 Å². The molecule has 100 valence electrons. The summed E-state index contributed by atoms with van der Waals surface area (Å²) >= 11 is 12.2. The van der Waals surface area contributed by atoms with E-state index in [9.17, 15) is 0 Å². The first-order valence-corrected chi connectivity index (χ1v) is 6.58. The predicted octanol–water partition coefficient (Wildman–Crippen LogP) is 2.24. The maximum atomic E-state index is 6.09. The number of rotatable bonds is 4. The largest absolute Gasteiger partial charge is 0.376 e. The first-order chi connectivity index (χ1) is 8.66. The fourth-order valence-electron chi connectivity index (χ4n) is 1.91. The molecule has 0 spiro atoms. The molecule has 18 heavy (non-hydrogen) atoms. The van der Waals surface area contributed by atoms with Crippen molar-refractivity contribution < 1.29 is 9.47 Å². The lowest BCUT2D eigenvalue weighted by Gasteiger charge is -2.27. The van der Waals surface area contributed by atoms with Crippen LogP contribution in [0.3, 0.4) is 0 Å². The Kier molecular flexibility index (Phi) is 5.21. The van der Waals surface area contributed by atoms with E-state index in [1.807, 2.05) is 7.05 Å². The summed E-state index contributed by atoms with van der Waals surface area (Å²) < 4.78 is 11.0. The standard InChI is InChI=1S/C12H16Cl2N2O2/c1-16(6-9-8-17-2-3-18-9)7-10-11(13)4-15-5-12(10)14/h4-5,9H,2-3,6-8H2,1H3. The number of likely N-dealkylation sites (N-methyl/N-ethyl adjacent to an activating group) is 1. The fourth-order valence-corrected chi connectivity index (χ4v) is 2.40. The van der Waals surface area contributed by atoms with E-state index in [4.69, 9.17) is 32.7 Å². The summed E-state index contributed by atoms with van der Waals surface area (Å²) in [6.07, 6.45) is 3.33. The van der Waals surface area contributed by atoms with Crippen LogP contribution in [0.15, 0.2) is 12.4 Å². The van der Waals surface area contributed by atoms with Crippen molar-refractivity contribution in [2.75, 3.05) is 33.4 Å². The number of pyridine rings is 1. The Morgan fingerprint density at radius 2 is 2.06 bits per heavy atom. The molecule has 4 nitrogen and oxygen atoms in total. The van der Waals surface area contributed by atoms with Gasteiger partial charge in [-0.2, -0.15) is 0 Å². The molecule has 1 aromatic heterocycles. The summed E-state index contributed by atoms with van der Waals surface area (Å²) in [5.74, 6) is 0. The van der Waals surface area contributed by atoms with Crippen molar-refractivity contribution >= 4 is 23.2 Å². The minimum atomic E-state index is 0.114. The third-order valence-electron chi connectivity index (χ3n) is 2.78. The van der Waals surface area contributed by atoms with Gasteiger partial charge < -0.3 is 9.47 Å². The van der Waals surface area contributed by atoms with E-state index >= 15 is 0 Å². The van der Waals surface area contributed by atoms with E-state index in [0.717, 1.165) is 12.1 Å². The van der Waals surface area contributed by atoms with Gasteiger partial charge in [0, 0.05) is 31.0 Å². The first kappa shape index (κ1) is 14.0. The minimum absolute atomic E-state index is 0.114. The third-order valence-corrected chi connectivity index (χ3v) is 3.43. The topological polar surface area (TPSA) is 34.6 Å². The molecule has 0 aliphatic carbocycles. The molecule has 1 fully saturated rings. The van der Waals surface area contributed by atoms with Crippen molar-refractivity contribution in [2.24, 2.45) is 0 Å². The fraction of sp³-hybridized carbons (Fsp3) is 0.583. The number of hydrogen-bond donors (Lipinski definition) is 0. The molecule has 0 bridgehead atoms. The Morgan fingerprint density at radius 1 is 1.33 bits per heavy atom. The molecule has 2 heterocycles. The van der Waals surface area contributed by atoms with Crippen molar-refractivity contribution in [1.29, 1.82) is 0 Å². The van der Waals surface area contributed by atoms with E-state index in [0.29, 0.717) is 36.4 Å². The van der Waals surface area contributed by atoms with Crippen LogP contribution in [0.4, 0.5) is 0 Å². The lowest BCUT2D eigenvalue weighted by Crippen LogP contribution is -2.38. The highest BCUT2D eigenvalue weighted by atomic mass is 35.5. The number of halogens is 2. The molecule has 0 saturated carbocycles. The SMILES string of the molecule is CN(Cc1c(Cl)cncc1Cl)CC1COCCO1. The maximum Gasteiger partial charge on any atom is 0.0936 e. The van der Waals surface area contributed by atoms with Crippen molar-refractivity contribution in [2.45, 2.75) is 12.6 Å². The highest BCUT2D eigenvalue weighted by Crippen LogP contribution is 2.24. The Hall–Kier alpha value is -0.390. The second kappa shape index (κ2) is 6.68. The monoisotopic (exact) mass is 290 g/mol. The molecular weight excluding hydrogens is 275 g/mol. The number of aromatic nitrogens is 1. The predicted molar refractivity (Wildman–Crippen MR) is 71.2 cm³/mol. The highest BCUT2D eigenvalue weighted by molar-refractivity contribution is 6.35. The van der Waals surface area contributed by atoms with Crippen molar-refractivity contribution in [3.8, 4) is 0 Å². The smallest absolute Gasteiger partial charge is 0.0936 e. The lowest BCUT2D eigenvalue weighted by atomic mass is 10.2. The maximum absolute atomic E-state index is 6.09. The van der Waals surface area contributed by atoms with Crippen LogP contribution in [-0.4, -0.2) is 49.4 Å². The van der Waals surface area contributed by atoms with Crippen LogP contribution in [0.1, 0.15) is 5.56 Å². The molecule has 0 N–H and O–H groups in total. The molecule has 1 aliphatic rings. The average Bonchev–Trinajstić information content (AvgIpc) is 2.35. The van der Waals surface area contributed by atoms with Gasteiger partial charge in [-0.05, 0) is 7.05 Å². The Balaban J connectivity index is 1.92. The average molecular weight is 291 g/mol. The zero-order valence-electron chi connectivity index (χ0n) is 10.2. The van der Waals surface area contributed by atoms with Crippen LogP contribution in [-0.2, 0) is 16.0 Å². The highest BCUT2D eigenvalue weighted by Gasteiger charge is 2.17. The molecule has 0 aromatic carbocycles. The van der Waals surface area contributed by atoms with E-state index in [2.05, 4.69) is 9.88 Å². The molecule has 0 radical (unpaired) electrons. The molecule has 0 amide bonds. The van der Waals surface area contributed by atoms with Crippen molar-refractivity contribution in [3.05, 3.63) is 28.0 Å². The van der Waals surface area contributed by atoms with Crippen LogP contribution in [0.25, 0.3) is 0 Å². The third kappa shape index (κ3) is 3.80. The summed E-state index contributed by atoms with van der Waals surface area (Å²) in [5.41, 5.74) is 0.896. The van der Waals surface area contributed by atoms with Crippen molar-refractivity contribution in [1.82, 2.24) is 9.88 Å². The van der Waals surface area contributed by atoms with Crippen LogP contribution < -0.4 is 0 Å². The van der Waals surface area contributed by atoms with E-state index in [1.54, 1.807) is 12.4 Å². The molecule has 1 atom stereocenters. The molecule has 1 aromatic rings. The van der Waals surface area contributed by atoms with Gasteiger partial charge in [0.15, 0.2) is 0 Å². The Labute approximate surface area is 117 Å². The molecule has 2 rings (SSSR count). The Morgan fingerprint density at radius 3 is 2.67 bits per heavy atom. The van der Waals surface area contributed by atoms with Gasteiger partial charge >= 0.3 is 0 Å². The van der Waals surface area contributed by atoms with Gasteiger partial charge in [-0.1, -0.05) is 23.2 Å². The van der Waals surface area contributed by atoms with Gasteiger partial charge in [-0.25, -0.2) is 0 Å². The molecule has 1 aliphatic heterocycles. The molecule has 1 unspecified atom stereocenters. The van der Waals surface area contributed by atoms with Crippen molar-refractivity contribution in [3.63, 3.8) is 0 Å². The molecule has 6 heteroatoms. The molecular formula is C12H16Cl2N2O2. The summed E-state index contributed by atoms with van der Waals surface area (Å²) in [5, 5.41) is 1.19. The van der Waals surface area contributed by atoms with E-state index < -0.39 is 0 Å². The summed E-state index contributed by atoms with van der Waals surface area (Å²) in [4.78, 5) is 6.06. The van der Waals surface area contributed by atoms with Gasteiger partial charge in [0.05, 0.1) is 36.0 Å². The number of ether oxygens (including phenoxy) is 2. The second-order valence-electron chi connectivity index (χ2n) is 4.35. The summed E-state index contributed by atoms with van der Waals surface area (Å²) in [6, 6.07) is 0.